The lowest BCUT2D eigenvalue weighted by Gasteiger charge is -1.98. The Labute approximate surface area is 108 Å². The first-order valence-corrected chi connectivity index (χ1v) is 4.98. The van der Waals surface area contributed by atoms with E-state index in [-0.39, 0.29) is 21.5 Å². The van der Waals surface area contributed by atoms with E-state index in [1.165, 1.54) is 0 Å². The van der Waals surface area contributed by atoms with Crippen LogP contribution in [0.1, 0.15) is 0 Å². The van der Waals surface area contributed by atoms with Gasteiger partial charge in [-0.25, -0.2) is 4.98 Å². The second-order valence-corrected chi connectivity index (χ2v) is 3.71. The molecule has 0 saturated carbocycles. The third-order valence-electron chi connectivity index (χ3n) is 1.91. The van der Waals surface area contributed by atoms with Crippen molar-refractivity contribution in [1.29, 1.82) is 0 Å². The number of hydrogen-bond acceptors (Lipinski definition) is 7. The Morgan fingerprint density at radius 2 is 1.61 bits per heavy atom. The SMILES string of the molecule is O=[N+]([O-])c1cc2nc(Cl)c(Cl)nc2nc1[N+](=O)[O-]. The van der Waals surface area contributed by atoms with E-state index in [1.807, 2.05) is 0 Å². The van der Waals surface area contributed by atoms with Gasteiger partial charge >= 0.3 is 11.5 Å². The Kier molecular flexibility index (Phi) is 2.93. The fourth-order valence-corrected chi connectivity index (χ4v) is 1.45. The predicted molar refractivity (Wildman–Crippen MR) is 60.7 cm³/mol. The van der Waals surface area contributed by atoms with Crippen LogP contribution in [0, 0.1) is 20.2 Å². The van der Waals surface area contributed by atoms with Gasteiger partial charge in [0.05, 0.1) is 11.0 Å². The zero-order chi connectivity index (χ0) is 13.4. The van der Waals surface area contributed by atoms with E-state index >= 15 is 0 Å². The molecule has 2 aromatic heterocycles. The average Bonchev–Trinajstić information content (AvgIpc) is 2.28. The van der Waals surface area contributed by atoms with Crippen LogP contribution in [0.3, 0.4) is 0 Å². The summed E-state index contributed by atoms with van der Waals surface area (Å²) in [6.45, 7) is 0. The molecule has 0 fully saturated rings. The second kappa shape index (κ2) is 4.27. The van der Waals surface area contributed by atoms with Crippen molar-refractivity contribution in [3.05, 3.63) is 36.6 Å². The van der Waals surface area contributed by atoms with Gasteiger partial charge in [0, 0.05) is 0 Å². The van der Waals surface area contributed by atoms with E-state index in [1.54, 1.807) is 0 Å². The Morgan fingerprint density at radius 3 is 2.17 bits per heavy atom. The molecule has 92 valence electrons. The number of hydrogen-bond donors (Lipinski definition) is 0. The van der Waals surface area contributed by atoms with Gasteiger partial charge in [-0.15, -0.1) is 0 Å². The van der Waals surface area contributed by atoms with Crippen molar-refractivity contribution in [2.24, 2.45) is 0 Å². The summed E-state index contributed by atoms with van der Waals surface area (Å²) in [5.41, 5.74) is -1.04. The molecule has 0 unspecified atom stereocenters. The first-order chi connectivity index (χ1) is 8.40. The van der Waals surface area contributed by atoms with Crippen molar-refractivity contribution in [2.45, 2.75) is 0 Å². The minimum atomic E-state index is -0.984. The highest BCUT2D eigenvalue weighted by atomic mass is 35.5. The number of rotatable bonds is 2. The quantitative estimate of drug-likeness (QED) is 0.612. The molecule has 2 aromatic rings. The number of pyridine rings is 1. The first kappa shape index (κ1) is 12.3. The fraction of sp³-hybridized carbons (Fsp3) is 0. The maximum absolute atomic E-state index is 10.7. The van der Waals surface area contributed by atoms with E-state index in [2.05, 4.69) is 15.0 Å². The molecule has 0 spiro atoms. The van der Waals surface area contributed by atoms with E-state index in [9.17, 15) is 20.2 Å². The zero-order valence-corrected chi connectivity index (χ0v) is 9.71. The minimum absolute atomic E-state index is 0.0540. The number of fused-ring (bicyclic) bond motifs is 1. The van der Waals surface area contributed by atoms with Crippen LogP contribution < -0.4 is 0 Å². The molecule has 0 bridgehead atoms. The predicted octanol–water partition coefficient (Wildman–Crippen LogP) is 2.15. The van der Waals surface area contributed by atoms with Crippen LogP contribution in [0.25, 0.3) is 11.2 Å². The van der Waals surface area contributed by atoms with Crippen molar-refractivity contribution < 1.29 is 9.85 Å². The Morgan fingerprint density at radius 1 is 1.00 bits per heavy atom. The van der Waals surface area contributed by atoms with Crippen molar-refractivity contribution in [3.8, 4) is 0 Å². The van der Waals surface area contributed by atoms with Gasteiger partial charge in [0.15, 0.2) is 10.3 Å². The molecule has 0 radical (unpaired) electrons. The van der Waals surface area contributed by atoms with Crippen LogP contribution in [0.4, 0.5) is 11.5 Å². The van der Waals surface area contributed by atoms with Crippen LogP contribution >= 0.6 is 23.2 Å². The summed E-state index contributed by atoms with van der Waals surface area (Å²) < 4.78 is 0. The molecule has 2 heterocycles. The molecule has 0 aromatic carbocycles. The van der Waals surface area contributed by atoms with Gasteiger partial charge in [0.1, 0.15) is 5.52 Å². The maximum atomic E-state index is 10.7. The highest BCUT2D eigenvalue weighted by Crippen LogP contribution is 2.29. The van der Waals surface area contributed by atoms with E-state index in [0.29, 0.717) is 0 Å². The summed E-state index contributed by atoms with van der Waals surface area (Å²) >= 11 is 11.2. The Bertz CT molecular complexity index is 633. The van der Waals surface area contributed by atoms with Crippen molar-refractivity contribution in [3.63, 3.8) is 0 Å². The summed E-state index contributed by atoms with van der Waals surface area (Å²) in [5.74, 6) is -0.930. The largest absolute Gasteiger partial charge is 0.444 e. The third kappa shape index (κ3) is 2.00. The highest BCUT2D eigenvalue weighted by molar-refractivity contribution is 6.40. The molecule has 0 atom stereocenters. The average molecular weight is 290 g/mol. The van der Waals surface area contributed by atoms with Gasteiger partial charge in [0.2, 0.25) is 0 Å². The topological polar surface area (TPSA) is 125 Å². The maximum Gasteiger partial charge on any atom is 0.444 e. The van der Waals surface area contributed by atoms with Gasteiger partial charge in [-0.05, 0) is 9.91 Å². The molecule has 18 heavy (non-hydrogen) atoms. The standard InChI is InChI=1S/C7HCl2N5O4/c8-4-5(9)11-6-2(10-4)1-3(13(15)16)7(12-6)14(17)18/h1H. The molecule has 0 amide bonds. The summed E-state index contributed by atoms with van der Waals surface area (Å²) in [6.07, 6.45) is 0. The lowest BCUT2D eigenvalue weighted by atomic mass is 10.3. The lowest BCUT2D eigenvalue weighted by molar-refractivity contribution is -0.425. The summed E-state index contributed by atoms with van der Waals surface area (Å²) in [6, 6.07) is 0.871. The fourth-order valence-electron chi connectivity index (χ4n) is 1.20. The van der Waals surface area contributed by atoms with Crippen LogP contribution in [0.15, 0.2) is 6.07 Å². The monoisotopic (exact) mass is 289 g/mol. The van der Waals surface area contributed by atoms with Gasteiger partial charge in [-0.3, -0.25) is 10.1 Å². The number of halogens is 2. The molecule has 0 aliphatic carbocycles. The molecule has 0 N–H and O–H groups in total. The molecule has 9 nitrogen and oxygen atoms in total. The molecule has 0 saturated heterocycles. The van der Waals surface area contributed by atoms with E-state index in [4.69, 9.17) is 23.2 Å². The van der Waals surface area contributed by atoms with Gasteiger partial charge in [-0.1, -0.05) is 23.2 Å². The van der Waals surface area contributed by atoms with E-state index < -0.39 is 21.4 Å². The second-order valence-electron chi connectivity index (χ2n) is 2.99. The van der Waals surface area contributed by atoms with Gasteiger partial charge < -0.3 is 10.1 Å². The van der Waals surface area contributed by atoms with Crippen molar-refractivity contribution in [1.82, 2.24) is 15.0 Å². The molecule has 11 heteroatoms. The number of aromatic nitrogens is 3. The molecule has 0 aliphatic rings. The summed E-state index contributed by atoms with van der Waals surface area (Å²) in [4.78, 5) is 30.2. The lowest BCUT2D eigenvalue weighted by Crippen LogP contribution is -2.01. The van der Waals surface area contributed by atoms with Crippen LogP contribution in [-0.2, 0) is 0 Å². The Balaban J connectivity index is 2.84. The van der Waals surface area contributed by atoms with Gasteiger partial charge in [-0.2, -0.15) is 4.98 Å². The van der Waals surface area contributed by atoms with Crippen LogP contribution in [-0.4, -0.2) is 24.8 Å². The third-order valence-corrected chi connectivity index (χ3v) is 2.53. The number of nitro groups is 2. The van der Waals surface area contributed by atoms with Crippen LogP contribution in [0.2, 0.25) is 10.3 Å². The molecular weight excluding hydrogens is 289 g/mol. The highest BCUT2D eigenvalue weighted by Gasteiger charge is 2.29. The normalized spacial score (nSPS) is 10.6. The zero-order valence-electron chi connectivity index (χ0n) is 8.20. The molecular formula is C7HCl2N5O4. The molecule has 0 aliphatic heterocycles. The molecule has 2 rings (SSSR count). The summed E-state index contributed by atoms with van der Waals surface area (Å²) in [7, 11) is 0. The smallest absolute Gasteiger partial charge is 0.358 e. The first-order valence-electron chi connectivity index (χ1n) is 4.22. The van der Waals surface area contributed by atoms with Crippen molar-refractivity contribution in [2.75, 3.05) is 0 Å². The minimum Gasteiger partial charge on any atom is -0.358 e. The Hall–Kier alpha value is -2.13. The number of nitrogens with zero attached hydrogens (tertiary/aromatic N) is 5. The van der Waals surface area contributed by atoms with Gasteiger partial charge in [0.25, 0.3) is 5.65 Å². The van der Waals surface area contributed by atoms with E-state index in [0.717, 1.165) is 6.07 Å². The summed E-state index contributed by atoms with van der Waals surface area (Å²) in [5, 5.41) is 21.0. The van der Waals surface area contributed by atoms with Crippen LogP contribution in [0.5, 0.6) is 0 Å². The van der Waals surface area contributed by atoms with Crippen molar-refractivity contribution >= 4 is 45.9 Å².